The van der Waals surface area contributed by atoms with Crippen molar-refractivity contribution in [1.82, 2.24) is 15.2 Å². The van der Waals surface area contributed by atoms with Crippen LogP contribution in [-0.4, -0.2) is 74.1 Å². The van der Waals surface area contributed by atoms with Gasteiger partial charge in [-0.25, -0.2) is 5.43 Å². The normalized spacial score (nSPS) is 13.3. The van der Waals surface area contributed by atoms with Crippen LogP contribution in [0, 0.1) is 13.8 Å². The van der Waals surface area contributed by atoms with Crippen LogP contribution in [0.3, 0.4) is 0 Å². The van der Waals surface area contributed by atoms with Crippen LogP contribution in [-0.2, 0) is 6.54 Å². The van der Waals surface area contributed by atoms with Gasteiger partial charge in [0.25, 0.3) is 11.8 Å². The van der Waals surface area contributed by atoms with Gasteiger partial charge in [-0.3, -0.25) is 9.59 Å². The van der Waals surface area contributed by atoms with Gasteiger partial charge in [0.1, 0.15) is 0 Å². The first-order valence-electron chi connectivity index (χ1n) is 15.9. The summed E-state index contributed by atoms with van der Waals surface area (Å²) in [6, 6.07) is 19.4. The number of aryl methyl sites for hydroxylation is 2. The van der Waals surface area contributed by atoms with E-state index in [1.54, 1.807) is 6.21 Å². The maximum absolute atomic E-state index is 13.5. The van der Waals surface area contributed by atoms with Crippen molar-refractivity contribution in [3.63, 3.8) is 0 Å². The van der Waals surface area contributed by atoms with Gasteiger partial charge >= 0.3 is 0 Å². The Morgan fingerprint density at radius 3 is 2.36 bits per heavy atom. The van der Waals surface area contributed by atoms with Crippen molar-refractivity contribution in [2.45, 2.75) is 60.9 Å². The lowest BCUT2D eigenvalue weighted by molar-refractivity contribution is 0.0956. The zero-order valence-corrected chi connectivity index (χ0v) is 27.0. The number of nitrogens with one attached hydrogen (secondary N) is 2. The Kier molecular flexibility index (Phi) is 13.8. The van der Waals surface area contributed by atoms with E-state index in [9.17, 15) is 9.59 Å². The highest BCUT2D eigenvalue weighted by atomic mass is 16.2. The maximum Gasteiger partial charge on any atom is 0.273 e. The molecule has 1 aliphatic rings. The molecule has 45 heavy (non-hydrogen) atoms. The third-order valence-electron chi connectivity index (χ3n) is 8.46. The first-order chi connectivity index (χ1) is 21.3. The minimum atomic E-state index is -0.372. The summed E-state index contributed by atoms with van der Waals surface area (Å²) < 4.78 is 0. The topological polar surface area (TPSA) is 80.3 Å². The smallest absolute Gasteiger partial charge is 0.273 e. The second-order valence-corrected chi connectivity index (χ2v) is 11.7. The molecule has 242 valence electrons. The summed E-state index contributed by atoms with van der Waals surface area (Å²) in [5, 5.41) is 7.23. The van der Waals surface area contributed by atoms with E-state index in [0.717, 1.165) is 81.0 Å². The predicted octanol–water partition coefficient (Wildman–Crippen LogP) is 6.72. The van der Waals surface area contributed by atoms with Crippen LogP contribution in [0.4, 0.5) is 11.4 Å². The average molecular weight is 613 g/mol. The summed E-state index contributed by atoms with van der Waals surface area (Å²) in [7, 11) is 2.10. The Hall–Kier alpha value is -4.01. The Morgan fingerprint density at radius 1 is 0.889 bits per heavy atom. The first kappa shape index (κ1) is 35.5. The molecule has 0 aliphatic carbocycles. The van der Waals surface area contributed by atoms with E-state index in [-0.39, 0.29) is 19.2 Å². The number of hydrogen-bond donors (Lipinski definition) is 2. The minimum Gasteiger partial charge on any atom is -0.372 e. The van der Waals surface area contributed by atoms with Crippen molar-refractivity contribution in [2.75, 3.05) is 56.5 Å². The van der Waals surface area contributed by atoms with Crippen molar-refractivity contribution < 1.29 is 9.59 Å². The van der Waals surface area contributed by atoms with Crippen molar-refractivity contribution in [3.05, 3.63) is 94.0 Å². The number of likely N-dealkylation sites (N-methyl/N-ethyl adjacent to an activating group) is 2. The molecule has 0 radical (unpaired) electrons. The molecule has 4 rings (SSSR count). The van der Waals surface area contributed by atoms with E-state index in [4.69, 9.17) is 0 Å². The van der Waals surface area contributed by atoms with Crippen LogP contribution < -0.4 is 15.6 Å². The molecule has 1 heterocycles. The number of rotatable bonds is 13. The van der Waals surface area contributed by atoms with Gasteiger partial charge in [0.2, 0.25) is 0 Å². The predicted molar refractivity (Wildman–Crippen MR) is 189 cm³/mol. The maximum atomic E-state index is 13.5. The largest absolute Gasteiger partial charge is 0.372 e. The van der Waals surface area contributed by atoms with Crippen LogP contribution in [0.25, 0.3) is 0 Å². The fourth-order valence-electron chi connectivity index (χ4n) is 5.50. The summed E-state index contributed by atoms with van der Waals surface area (Å²) in [6.07, 6.45) is 5.11. The Bertz CT molecular complexity index is 1440. The zero-order valence-electron chi connectivity index (χ0n) is 27.0. The highest BCUT2D eigenvalue weighted by molar-refractivity contribution is 6.09. The first-order valence-corrected chi connectivity index (χ1v) is 15.9. The van der Waals surface area contributed by atoms with Crippen LogP contribution in [0.15, 0.2) is 65.8 Å². The number of amides is 2. The number of carbonyl (C=O) groups excluding carboxylic acids is 2. The van der Waals surface area contributed by atoms with Crippen molar-refractivity contribution in [2.24, 2.45) is 5.10 Å². The Balaban J connectivity index is 0.00000552. The average Bonchev–Trinajstić information content (AvgIpc) is 3.04. The van der Waals surface area contributed by atoms with Gasteiger partial charge in [-0.15, -0.1) is 0 Å². The quantitative estimate of drug-likeness (QED) is 0.166. The van der Waals surface area contributed by atoms with E-state index in [1.165, 1.54) is 12.0 Å². The number of benzene rings is 3. The number of carbonyl (C=O) groups is 2. The molecule has 0 unspecified atom stereocenters. The van der Waals surface area contributed by atoms with Crippen molar-refractivity contribution in [1.29, 1.82) is 0 Å². The summed E-state index contributed by atoms with van der Waals surface area (Å²) >= 11 is 0. The minimum absolute atomic E-state index is 0. The van der Waals surface area contributed by atoms with Crippen LogP contribution >= 0.6 is 0 Å². The van der Waals surface area contributed by atoms with Gasteiger partial charge in [-0.1, -0.05) is 51.6 Å². The second-order valence-electron chi connectivity index (χ2n) is 11.7. The van der Waals surface area contributed by atoms with E-state index in [0.29, 0.717) is 16.8 Å². The third kappa shape index (κ3) is 10.3. The fraction of sp³-hybridized carbons (Fsp3) is 0.432. The van der Waals surface area contributed by atoms with Crippen LogP contribution in [0.1, 0.15) is 83.5 Å². The number of nitrogens with zero attached hydrogens (tertiary/aromatic N) is 4. The van der Waals surface area contributed by atoms with E-state index < -0.39 is 0 Å². The van der Waals surface area contributed by atoms with Gasteiger partial charge in [0.05, 0.1) is 17.5 Å². The number of anilines is 2. The summed E-state index contributed by atoms with van der Waals surface area (Å²) in [4.78, 5) is 33.9. The Morgan fingerprint density at radius 2 is 1.64 bits per heavy atom. The van der Waals surface area contributed by atoms with Crippen molar-refractivity contribution >= 4 is 29.4 Å². The number of piperidine rings is 1. The second kappa shape index (κ2) is 17.5. The third-order valence-corrected chi connectivity index (χ3v) is 8.46. The number of hydrazone groups is 1. The molecule has 0 saturated carbocycles. The van der Waals surface area contributed by atoms with E-state index in [1.807, 2.05) is 67.6 Å². The zero-order chi connectivity index (χ0) is 31.5. The lowest BCUT2D eigenvalue weighted by Gasteiger charge is -2.29. The molecule has 3 aromatic rings. The molecule has 0 bridgehead atoms. The van der Waals surface area contributed by atoms with Gasteiger partial charge in [-0.05, 0) is 106 Å². The lowest BCUT2D eigenvalue weighted by Crippen LogP contribution is -2.32. The monoisotopic (exact) mass is 612 g/mol. The molecular formula is C37H52N6O2. The van der Waals surface area contributed by atoms with Gasteiger partial charge < -0.3 is 20.0 Å². The standard InChI is InChI=1S/C36H48N6O2.CH4/c1-6-41(7-2)21-20-40(5)26-30-12-11-13-31(23-30)35(43)38-34-17-16-32(42-18-9-8-10-19-42)24-33(34)36(44)39-37-25-29-15-14-27(3)28(4)22-29;/h11-17,22-25H,6-10,18-21,26H2,1-5H3,(H,38,43)(H,39,44);1H4/b37-25+;. The van der Waals surface area contributed by atoms with Gasteiger partial charge in [0.15, 0.2) is 0 Å². The molecule has 8 nitrogen and oxygen atoms in total. The highest BCUT2D eigenvalue weighted by Crippen LogP contribution is 2.26. The molecule has 1 saturated heterocycles. The molecular weight excluding hydrogens is 560 g/mol. The molecule has 0 aromatic heterocycles. The fourth-order valence-corrected chi connectivity index (χ4v) is 5.50. The SMILES string of the molecule is C.CCN(CC)CCN(C)Cc1cccc(C(=O)Nc2ccc(N3CCCCC3)cc2C(=O)N/N=C/c2ccc(C)c(C)c2)c1. The molecule has 3 aromatic carbocycles. The molecule has 2 N–H and O–H groups in total. The summed E-state index contributed by atoms with van der Waals surface area (Å²) in [5.41, 5.74) is 9.38. The van der Waals surface area contributed by atoms with E-state index in [2.05, 4.69) is 58.4 Å². The molecule has 1 fully saturated rings. The summed E-state index contributed by atoms with van der Waals surface area (Å²) in [5.74, 6) is -0.626. The highest BCUT2D eigenvalue weighted by Gasteiger charge is 2.19. The van der Waals surface area contributed by atoms with E-state index >= 15 is 0 Å². The molecule has 0 spiro atoms. The lowest BCUT2D eigenvalue weighted by atomic mass is 10.1. The number of hydrogen-bond acceptors (Lipinski definition) is 6. The molecule has 0 atom stereocenters. The van der Waals surface area contributed by atoms with Gasteiger partial charge in [-0.2, -0.15) is 5.10 Å². The summed E-state index contributed by atoms with van der Waals surface area (Å²) in [6.45, 7) is 15.2. The molecule has 2 amide bonds. The van der Waals surface area contributed by atoms with Gasteiger partial charge in [0, 0.05) is 44.0 Å². The molecule has 1 aliphatic heterocycles. The molecule has 8 heteroatoms. The van der Waals surface area contributed by atoms with Crippen LogP contribution in [0.2, 0.25) is 0 Å². The van der Waals surface area contributed by atoms with Crippen molar-refractivity contribution in [3.8, 4) is 0 Å². The Labute approximate surface area is 270 Å². The van der Waals surface area contributed by atoms with Crippen LogP contribution in [0.5, 0.6) is 0 Å².